The maximum Gasteiger partial charge on any atom is 0.127 e. The molecule has 2 rings (SSSR count). The summed E-state index contributed by atoms with van der Waals surface area (Å²) >= 11 is 5.89. The summed E-state index contributed by atoms with van der Waals surface area (Å²) < 4.78 is 5.71. The summed E-state index contributed by atoms with van der Waals surface area (Å²) in [4.78, 5) is 10.3. The summed E-state index contributed by atoms with van der Waals surface area (Å²) in [5.74, 6) is 1.43. The van der Waals surface area contributed by atoms with Crippen molar-refractivity contribution in [3.8, 4) is 17.6 Å². The van der Waals surface area contributed by atoms with Gasteiger partial charge in [0.2, 0.25) is 0 Å². The quantitative estimate of drug-likeness (QED) is 0.407. The molecule has 0 fully saturated rings. The third-order valence-electron chi connectivity index (χ3n) is 3.16. The molecule has 0 heterocycles. The highest BCUT2D eigenvalue weighted by atomic mass is 35.5. The van der Waals surface area contributed by atoms with Crippen LogP contribution in [0.4, 0.5) is 0 Å². The maximum absolute atomic E-state index is 10.3. The molecule has 0 amide bonds. The van der Waals surface area contributed by atoms with Gasteiger partial charge in [0.15, 0.2) is 0 Å². The van der Waals surface area contributed by atoms with E-state index in [2.05, 4.69) is 5.18 Å². The number of benzene rings is 2. The number of nitriles is 1. The Kier molecular flexibility index (Phi) is 5.67. The predicted molar refractivity (Wildman–Crippen MR) is 90.9 cm³/mol. The molecule has 2 aromatic carbocycles. The van der Waals surface area contributed by atoms with E-state index in [0.717, 1.165) is 17.5 Å². The highest BCUT2D eigenvalue weighted by molar-refractivity contribution is 6.33. The average Bonchev–Trinajstić information content (AvgIpc) is 2.57. The molecule has 0 aliphatic carbocycles. The van der Waals surface area contributed by atoms with Crippen LogP contribution in [0.15, 0.2) is 76.6 Å². The van der Waals surface area contributed by atoms with Gasteiger partial charge < -0.3 is 4.74 Å². The standard InChI is InChI=1S/C18H13ClN2O2/c1-13(17(11-20)18(19)12-21-22)14-7-9-16(10-8-14)23-15-5-3-2-4-6-15/h2-10,12H,1H3/b17-13+,18-12+. The third-order valence-corrected chi connectivity index (χ3v) is 3.44. The first-order chi connectivity index (χ1) is 11.2. The minimum Gasteiger partial charge on any atom is -0.457 e. The third kappa shape index (κ3) is 4.29. The summed E-state index contributed by atoms with van der Waals surface area (Å²) in [5.41, 5.74) is 1.67. The summed E-state index contributed by atoms with van der Waals surface area (Å²) in [6.07, 6.45) is 0.913. The first kappa shape index (κ1) is 16.5. The van der Waals surface area contributed by atoms with Crippen molar-refractivity contribution >= 4 is 17.2 Å². The zero-order chi connectivity index (χ0) is 16.7. The van der Waals surface area contributed by atoms with Crippen LogP contribution in [0.1, 0.15) is 12.5 Å². The van der Waals surface area contributed by atoms with Gasteiger partial charge in [0.25, 0.3) is 0 Å². The van der Waals surface area contributed by atoms with Crippen LogP contribution in [-0.2, 0) is 0 Å². The first-order valence-electron chi connectivity index (χ1n) is 6.78. The fourth-order valence-corrected chi connectivity index (χ4v) is 2.19. The van der Waals surface area contributed by atoms with Crippen molar-refractivity contribution in [1.29, 1.82) is 5.26 Å². The van der Waals surface area contributed by atoms with E-state index in [-0.39, 0.29) is 10.6 Å². The Morgan fingerprint density at radius 1 is 1.13 bits per heavy atom. The van der Waals surface area contributed by atoms with Gasteiger partial charge in [-0.05, 0) is 47.5 Å². The van der Waals surface area contributed by atoms with Crippen molar-refractivity contribution in [2.75, 3.05) is 0 Å². The van der Waals surface area contributed by atoms with Crippen LogP contribution in [0.3, 0.4) is 0 Å². The number of nitrogens with zero attached hydrogens (tertiary/aromatic N) is 2. The van der Waals surface area contributed by atoms with Gasteiger partial charge in [-0.3, -0.25) is 0 Å². The Balaban J connectivity index is 2.26. The topological polar surface area (TPSA) is 62.5 Å². The van der Waals surface area contributed by atoms with Crippen LogP contribution >= 0.6 is 11.6 Å². The number of hydrogen-bond donors (Lipinski definition) is 0. The number of rotatable bonds is 5. The monoisotopic (exact) mass is 324 g/mol. The van der Waals surface area contributed by atoms with Gasteiger partial charge in [0.05, 0.1) is 16.8 Å². The lowest BCUT2D eigenvalue weighted by Gasteiger charge is -2.08. The van der Waals surface area contributed by atoms with Crippen LogP contribution < -0.4 is 4.74 Å². The highest BCUT2D eigenvalue weighted by Crippen LogP contribution is 2.28. The fourth-order valence-electron chi connectivity index (χ4n) is 1.97. The number of para-hydroxylation sites is 1. The Hall–Kier alpha value is -2.90. The van der Waals surface area contributed by atoms with Gasteiger partial charge in [0.1, 0.15) is 17.6 Å². The predicted octanol–water partition coefficient (Wildman–Crippen LogP) is 5.62. The van der Waals surface area contributed by atoms with E-state index in [1.54, 1.807) is 19.1 Å². The number of halogens is 1. The summed E-state index contributed by atoms with van der Waals surface area (Å²) in [6, 6.07) is 18.7. The highest BCUT2D eigenvalue weighted by Gasteiger charge is 2.09. The van der Waals surface area contributed by atoms with Crippen LogP contribution in [-0.4, -0.2) is 0 Å². The minimum absolute atomic E-state index is 0.0182. The van der Waals surface area contributed by atoms with E-state index in [1.807, 2.05) is 48.5 Å². The molecule has 114 valence electrons. The smallest absolute Gasteiger partial charge is 0.127 e. The molecule has 0 aliphatic heterocycles. The van der Waals surface area contributed by atoms with Crippen LogP contribution in [0.2, 0.25) is 0 Å². The second-order valence-electron chi connectivity index (χ2n) is 4.63. The summed E-state index contributed by atoms with van der Waals surface area (Å²) in [5, 5.41) is 11.8. The molecule has 0 bridgehead atoms. The molecular formula is C18H13ClN2O2. The lowest BCUT2D eigenvalue weighted by molar-refractivity contribution is 0.482. The van der Waals surface area contributed by atoms with E-state index < -0.39 is 0 Å². The molecule has 5 heteroatoms. The van der Waals surface area contributed by atoms with Crippen molar-refractivity contribution in [2.24, 2.45) is 5.18 Å². The summed E-state index contributed by atoms with van der Waals surface area (Å²) in [7, 11) is 0. The Labute approximate surface area is 139 Å². The van der Waals surface area contributed by atoms with Crippen LogP contribution in [0.5, 0.6) is 11.5 Å². The molecule has 0 aliphatic rings. The van der Waals surface area contributed by atoms with Gasteiger partial charge >= 0.3 is 0 Å². The molecule has 2 aromatic rings. The Morgan fingerprint density at radius 3 is 2.30 bits per heavy atom. The van der Waals surface area contributed by atoms with Gasteiger partial charge in [-0.15, -0.1) is 4.91 Å². The van der Waals surface area contributed by atoms with Crippen LogP contribution in [0.25, 0.3) is 5.57 Å². The second kappa shape index (κ2) is 7.92. The number of ether oxygens (including phenoxy) is 1. The summed E-state index contributed by atoms with van der Waals surface area (Å²) in [6.45, 7) is 1.76. The normalized spacial score (nSPS) is 12.1. The molecule has 4 nitrogen and oxygen atoms in total. The molecule has 0 aromatic heterocycles. The zero-order valence-corrected chi connectivity index (χ0v) is 13.1. The Morgan fingerprint density at radius 2 is 1.74 bits per heavy atom. The SMILES string of the molecule is C/C(=C(C#N)\C(Cl)=C/N=O)c1ccc(Oc2ccccc2)cc1. The van der Waals surface area contributed by atoms with Crippen molar-refractivity contribution in [3.63, 3.8) is 0 Å². The van der Waals surface area contributed by atoms with Crippen molar-refractivity contribution < 1.29 is 4.74 Å². The van der Waals surface area contributed by atoms with E-state index in [1.165, 1.54) is 0 Å². The minimum atomic E-state index is 0.0182. The molecule has 23 heavy (non-hydrogen) atoms. The van der Waals surface area contributed by atoms with Gasteiger partial charge in [0, 0.05) is 0 Å². The lowest BCUT2D eigenvalue weighted by atomic mass is 10.0. The molecule has 0 N–H and O–H groups in total. The lowest BCUT2D eigenvalue weighted by Crippen LogP contribution is -1.89. The number of allylic oxidation sites excluding steroid dienone is 3. The fraction of sp³-hybridized carbons (Fsp3) is 0.0556. The van der Waals surface area contributed by atoms with E-state index >= 15 is 0 Å². The van der Waals surface area contributed by atoms with E-state index in [4.69, 9.17) is 16.3 Å². The number of hydrogen-bond acceptors (Lipinski definition) is 4. The molecule has 0 atom stereocenters. The number of nitroso groups, excluding NO2 is 1. The second-order valence-corrected chi connectivity index (χ2v) is 5.04. The van der Waals surface area contributed by atoms with Gasteiger partial charge in [-0.1, -0.05) is 41.9 Å². The molecule has 0 saturated carbocycles. The van der Waals surface area contributed by atoms with Crippen LogP contribution in [0, 0.1) is 16.2 Å². The molecule has 0 spiro atoms. The molecule has 0 unspecified atom stereocenters. The Bertz CT molecular complexity index is 788. The van der Waals surface area contributed by atoms with Crippen molar-refractivity contribution in [3.05, 3.63) is 81.9 Å². The van der Waals surface area contributed by atoms with Crippen molar-refractivity contribution in [2.45, 2.75) is 6.92 Å². The largest absolute Gasteiger partial charge is 0.457 e. The van der Waals surface area contributed by atoms with Crippen molar-refractivity contribution in [1.82, 2.24) is 0 Å². The van der Waals surface area contributed by atoms with E-state index in [9.17, 15) is 10.2 Å². The molecule has 0 saturated heterocycles. The molecular weight excluding hydrogens is 312 g/mol. The first-order valence-corrected chi connectivity index (χ1v) is 7.16. The van der Waals surface area contributed by atoms with Gasteiger partial charge in [-0.25, -0.2) is 0 Å². The van der Waals surface area contributed by atoms with Gasteiger partial charge in [-0.2, -0.15) is 5.26 Å². The van der Waals surface area contributed by atoms with E-state index in [0.29, 0.717) is 11.3 Å². The molecule has 0 radical (unpaired) electrons. The maximum atomic E-state index is 10.3. The zero-order valence-electron chi connectivity index (χ0n) is 12.4. The average molecular weight is 325 g/mol.